The predicted octanol–water partition coefficient (Wildman–Crippen LogP) is 8.02. The maximum Gasteiger partial charge on any atom is 0.194 e. The van der Waals surface area contributed by atoms with E-state index in [1.165, 1.54) is 0 Å². The molecule has 0 bridgehead atoms. The van der Waals surface area contributed by atoms with Crippen molar-refractivity contribution in [3.8, 4) is 56.9 Å². The molecule has 1 heterocycles. The Hall–Kier alpha value is -5.46. The molecule has 0 aliphatic heterocycles. The van der Waals surface area contributed by atoms with Crippen LogP contribution in [0.4, 0.5) is 0 Å². The van der Waals surface area contributed by atoms with Crippen molar-refractivity contribution in [1.29, 1.82) is 0 Å². The lowest BCUT2D eigenvalue weighted by Gasteiger charge is -2.06. The Bertz CT molecular complexity index is 1900. The third kappa shape index (κ3) is 4.15. The molecular formula is C36H22N2O. The van der Waals surface area contributed by atoms with Gasteiger partial charge in [0.2, 0.25) is 0 Å². The molecule has 1 N–H and O–H groups in total. The number of benzene rings is 5. The zero-order valence-electron chi connectivity index (χ0n) is 21.0. The highest BCUT2D eigenvalue weighted by Gasteiger charge is 2.27. The second-order valence-electron chi connectivity index (χ2n) is 9.50. The van der Waals surface area contributed by atoms with Gasteiger partial charge in [-0.05, 0) is 41.5 Å². The van der Waals surface area contributed by atoms with E-state index in [0.29, 0.717) is 0 Å². The SMILES string of the molecule is O=C1c2ccccc2-c2ccc(-c3nc(-c4ccc(C#Cc5ccccc5)cc4)[nH]c3-c3ccccc3)cc21. The van der Waals surface area contributed by atoms with Crippen LogP contribution in [0.5, 0.6) is 0 Å². The molecule has 0 atom stereocenters. The molecule has 5 aromatic carbocycles. The van der Waals surface area contributed by atoms with Gasteiger partial charge in [0.15, 0.2) is 5.78 Å². The number of hydrogen-bond acceptors (Lipinski definition) is 2. The number of nitrogens with one attached hydrogen (secondary N) is 1. The number of fused-ring (bicyclic) bond motifs is 3. The first-order chi connectivity index (χ1) is 19.2. The van der Waals surface area contributed by atoms with Crippen molar-refractivity contribution < 1.29 is 4.79 Å². The second-order valence-corrected chi connectivity index (χ2v) is 9.50. The van der Waals surface area contributed by atoms with Crippen LogP contribution in [-0.2, 0) is 0 Å². The van der Waals surface area contributed by atoms with Crippen LogP contribution in [0, 0.1) is 11.8 Å². The molecule has 0 unspecified atom stereocenters. The van der Waals surface area contributed by atoms with Crippen LogP contribution >= 0.6 is 0 Å². The molecule has 7 rings (SSSR count). The highest BCUT2D eigenvalue weighted by atomic mass is 16.1. The Kier molecular flexibility index (Phi) is 5.50. The van der Waals surface area contributed by atoms with Gasteiger partial charge in [-0.1, -0.05) is 109 Å². The maximum absolute atomic E-state index is 13.2. The number of ketones is 1. The van der Waals surface area contributed by atoms with Crippen molar-refractivity contribution in [3.63, 3.8) is 0 Å². The molecule has 3 heteroatoms. The van der Waals surface area contributed by atoms with E-state index in [1.54, 1.807) is 0 Å². The third-order valence-electron chi connectivity index (χ3n) is 7.05. The van der Waals surface area contributed by atoms with E-state index in [0.717, 1.165) is 67.3 Å². The van der Waals surface area contributed by atoms with Gasteiger partial charge in [0.1, 0.15) is 5.82 Å². The van der Waals surface area contributed by atoms with Gasteiger partial charge in [0.05, 0.1) is 11.4 Å². The molecule has 0 fully saturated rings. The number of rotatable bonds is 3. The first kappa shape index (κ1) is 22.7. The van der Waals surface area contributed by atoms with Crippen molar-refractivity contribution in [2.75, 3.05) is 0 Å². The summed E-state index contributed by atoms with van der Waals surface area (Å²) in [6.45, 7) is 0. The number of hydrogen-bond donors (Lipinski definition) is 1. The molecule has 0 saturated carbocycles. The molecule has 39 heavy (non-hydrogen) atoms. The standard InChI is InChI=1S/C36H22N2O/c39-35-31-14-8-7-13-29(31)30-22-21-28(23-32(30)35)34-33(26-11-5-2-6-12-26)37-36(38-34)27-19-17-25(18-20-27)16-15-24-9-3-1-4-10-24/h1-14,17-23H,(H,37,38). The van der Waals surface area contributed by atoms with Crippen LogP contribution in [0.15, 0.2) is 127 Å². The number of imidazole rings is 1. The van der Waals surface area contributed by atoms with Gasteiger partial charge in [0, 0.05) is 38.9 Å². The molecule has 1 aliphatic rings. The number of aromatic amines is 1. The summed E-state index contributed by atoms with van der Waals surface area (Å²) in [6, 6.07) is 42.1. The molecule has 0 radical (unpaired) electrons. The van der Waals surface area contributed by atoms with Gasteiger partial charge in [-0.3, -0.25) is 4.79 Å². The Morgan fingerprint density at radius 2 is 1.10 bits per heavy atom. The lowest BCUT2D eigenvalue weighted by Crippen LogP contribution is -1.95. The van der Waals surface area contributed by atoms with E-state index >= 15 is 0 Å². The lowest BCUT2D eigenvalue weighted by molar-refractivity contribution is 0.104. The summed E-state index contributed by atoms with van der Waals surface area (Å²) >= 11 is 0. The quantitative estimate of drug-likeness (QED) is 0.251. The zero-order valence-corrected chi connectivity index (χ0v) is 21.0. The van der Waals surface area contributed by atoms with Crippen LogP contribution in [-0.4, -0.2) is 15.8 Å². The molecule has 0 amide bonds. The van der Waals surface area contributed by atoms with Gasteiger partial charge in [-0.25, -0.2) is 4.98 Å². The predicted molar refractivity (Wildman–Crippen MR) is 156 cm³/mol. The summed E-state index contributed by atoms with van der Waals surface area (Å²) in [5.41, 5.74) is 10.0. The van der Waals surface area contributed by atoms with Crippen molar-refractivity contribution in [2.24, 2.45) is 0 Å². The maximum atomic E-state index is 13.2. The summed E-state index contributed by atoms with van der Waals surface area (Å²) in [6.07, 6.45) is 0. The Balaban J connectivity index is 1.28. The number of carbonyl (C=O) groups excluding carboxylic acids is 1. The normalized spacial score (nSPS) is 11.4. The first-order valence-electron chi connectivity index (χ1n) is 12.9. The smallest absolute Gasteiger partial charge is 0.194 e. The van der Waals surface area contributed by atoms with E-state index in [2.05, 4.69) is 35.0 Å². The molecule has 0 spiro atoms. The minimum atomic E-state index is 0.0617. The summed E-state index contributed by atoms with van der Waals surface area (Å²) < 4.78 is 0. The number of aromatic nitrogens is 2. The molecular weight excluding hydrogens is 476 g/mol. The fraction of sp³-hybridized carbons (Fsp3) is 0. The molecule has 3 nitrogen and oxygen atoms in total. The monoisotopic (exact) mass is 498 g/mol. The van der Waals surface area contributed by atoms with Gasteiger partial charge in [0.25, 0.3) is 0 Å². The van der Waals surface area contributed by atoms with Gasteiger partial charge < -0.3 is 4.98 Å². The number of carbonyl (C=O) groups is 1. The van der Waals surface area contributed by atoms with E-state index in [1.807, 2.05) is 109 Å². The highest BCUT2D eigenvalue weighted by molar-refractivity contribution is 6.22. The fourth-order valence-electron chi connectivity index (χ4n) is 5.09. The molecule has 0 saturated heterocycles. The van der Waals surface area contributed by atoms with Crippen molar-refractivity contribution >= 4 is 5.78 Å². The van der Waals surface area contributed by atoms with E-state index in [4.69, 9.17) is 4.98 Å². The van der Waals surface area contributed by atoms with Crippen molar-refractivity contribution in [1.82, 2.24) is 9.97 Å². The van der Waals surface area contributed by atoms with Crippen LogP contribution in [0.1, 0.15) is 27.0 Å². The third-order valence-corrected chi connectivity index (χ3v) is 7.05. The number of nitrogens with zero attached hydrogens (tertiary/aromatic N) is 1. The second kappa shape index (κ2) is 9.45. The largest absolute Gasteiger partial charge is 0.337 e. The first-order valence-corrected chi connectivity index (χ1v) is 12.9. The fourth-order valence-corrected chi connectivity index (χ4v) is 5.09. The zero-order chi connectivity index (χ0) is 26.2. The van der Waals surface area contributed by atoms with Crippen molar-refractivity contribution in [2.45, 2.75) is 0 Å². The average molecular weight is 499 g/mol. The Morgan fingerprint density at radius 1 is 0.513 bits per heavy atom. The summed E-state index contributed by atoms with van der Waals surface area (Å²) in [4.78, 5) is 21.8. The molecule has 1 aliphatic carbocycles. The van der Waals surface area contributed by atoms with Gasteiger partial charge in [-0.15, -0.1) is 0 Å². The van der Waals surface area contributed by atoms with E-state index < -0.39 is 0 Å². The lowest BCUT2D eigenvalue weighted by atomic mass is 9.99. The van der Waals surface area contributed by atoms with Crippen LogP contribution in [0.2, 0.25) is 0 Å². The molecule has 1 aromatic heterocycles. The Morgan fingerprint density at radius 3 is 1.85 bits per heavy atom. The Labute approximate surface area is 226 Å². The summed E-state index contributed by atoms with van der Waals surface area (Å²) in [7, 11) is 0. The number of H-pyrrole nitrogens is 1. The minimum Gasteiger partial charge on any atom is -0.337 e. The summed E-state index contributed by atoms with van der Waals surface area (Å²) in [5.74, 6) is 7.26. The van der Waals surface area contributed by atoms with Crippen LogP contribution < -0.4 is 0 Å². The van der Waals surface area contributed by atoms with Crippen molar-refractivity contribution in [3.05, 3.63) is 150 Å². The summed E-state index contributed by atoms with van der Waals surface area (Å²) in [5, 5.41) is 0. The topological polar surface area (TPSA) is 45.8 Å². The molecule has 6 aromatic rings. The average Bonchev–Trinajstić information content (AvgIpc) is 3.57. The van der Waals surface area contributed by atoms with Crippen LogP contribution in [0.25, 0.3) is 45.0 Å². The minimum absolute atomic E-state index is 0.0617. The van der Waals surface area contributed by atoms with Gasteiger partial charge in [-0.2, -0.15) is 0 Å². The van der Waals surface area contributed by atoms with Crippen LogP contribution in [0.3, 0.4) is 0 Å². The van der Waals surface area contributed by atoms with E-state index in [9.17, 15) is 4.79 Å². The van der Waals surface area contributed by atoms with Gasteiger partial charge >= 0.3 is 0 Å². The molecule has 182 valence electrons. The van der Waals surface area contributed by atoms with E-state index in [-0.39, 0.29) is 5.78 Å². The highest BCUT2D eigenvalue weighted by Crippen LogP contribution is 2.40.